The first-order valence-corrected chi connectivity index (χ1v) is 8.38. The lowest BCUT2D eigenvalue weighted by molar-refractivity contribution is -0.0566. The molecule has 4 nitrogen and oxygen atoms in total. The van der Waals surface area contributed by atoms with Crippen molar-refractivity contribution in [2.75, 3.05) is 19.7 Å². The van der Waals surface area contributed by atoms with E-state index in [4.69, 9.17) is 4.74 Å². The molecule has 0 unspecified atom stereocenters. The van der Waals surface area contributed by atoms with Crippen LogP contribution in [0.15, 0.2) is 43.0 Å². The standard InChI is InChI=1S/C18H23F2N3O/c19-18(20)6-10-22(11-7-18)14-16-2-4-17(5-3-16)24-13-1-9-23-12-8-21-15-23/h2-5,8,12,15H,1,6-7,9-11,13-14H2. The number of likely N-dealkylation sites (tertiary alicyclic amines) is 1. The number of ether oxygens (including phenoxy) is 1. The molecule has 2 aromatic rings. The molecule has 0 radical (unpaired) electrons. The molecule has 1 fully saturated rings. The number of alkyl halides is 2. The topological polar surface area (TPSA) is 30.3 Å². The summed E-state index contributed by atoms with van der Waals surface area (Å²) < 4.78 is 34.1. The van der Waals surface area contributed by atoms with Crippen molar-refractivity contribution in [1.82, 2.24) is 14.5 Å². The Morgan fingerprint density at radius 2 is 1.88 bits per heavy atom. The summed E-state index contributed by atoms with van der Waals surface area (Å²) >= 11 is 0. The predicted octanol–water partition coefficient (Wildman–Crippen LogP) is 3.58. The van der Waals surface area contributed by atoms with E-state index in [2.05, 4.69) is 9.88 Å². The largest absolute Gasteiger partial charge is 0.494 e. The van der Waals surface area contributed by atoms with Crippen molar-refractivity contribution >= 4 is 0 Å². The Morgan fingerprint density at radius 1 is 1.12 bits per heavy atom. The van der Waals surface area contributed by atoms with Gasteiger partial charge in [-0.25, -0.2) is 13.8 Å². The highest BCUT2D eigenvalue weighted by Gasteiger charge is 2.33. The Hall–Kier alpha value is -1.95. The number of piperidine rings is 1. The summed E-state index contributed by atoms with van der Waals surface area (Å²) in [5.41, 5.74) is 1.13. The van der Waals surface area contributed by atoms with Crippen molar-refractivity contribution in [2.24, 2.45) is 0 Å². The van der Waals surface area contributed by atoms with Gasteiger partial charge >= 0.3 is 0 Å². The Bertz CT molecular complexity index is 604. The van der Waals surface area contributed by atoms with Crippen LogP contribution >= 0.6 is 0 Å². The highest BCUT2D eigenvalue weighted by atomic mass is 19.3. The van der Waals surface area contributed by atoms with Crippen molar-refractivity contribution in [3.63, 3.8) is 0 Å². The molecule has 0 amide bonds. The molecule has 1 aliphatic rings. The van der Waals surface area contributed by atoms with E-state index in [1.54, 1.807) is 12.5 Å². The third-order valence-electron chi connectivity index (χ3n) is 4.31. The molecular weight excluding hydrogens is 312 g/mol. The number of halogens is 2. The fourth-order valence-corrected chi connectivity index (χ4v) is 2.84. The predicted molar refractivity (Wildman–Crippen MR) is 88.2 cm³/mol. The van der Waals surface area contributed by atoms with Crippen LogP contribution in [-0.4, -0.2) is 40.1 Å². The summed E-state index contributed by atoms with van der Waals surface area (Å²) in [5.74, 6) is -1.64. The number of rotatable bonds is 7. The molecule has 130 valence electrons. The highest BCUT2D eigenvalue weighted by Crippen LogP contribution is 2.28. The summed E-state index contributed by atoms with van der Waals surface area (Å²) in [6, 6.07) is 7.92. The van der Waals surface area contributed by atoms with Gasteiger partial charge in [-0.05, 0) is 24.1 Å². The molecule has 0 bridgehead atoms. The van der Waals surface area contributed by atoms with Crippen molar-refractivity contribution < 1.29 is 13.5 Å². The molecular formula is C18H23F2N3O. The first-order valence-electron chi connectivity index (χ1n) is 8.38. The van der Waals surface area contributed by atoms with Crippen LogP contribution in [0.1, 0.15) is 24.8 Å². The van der Waals surface area contributed by atoms with Gasteiger partial charge in [-0.2, -0.15) is 0 Å². The number of hydrogen-bond donors (Lipinski definition) is 0. The Balaban J connectivity index is 1.39. The summed E-state index contributed by atoms with van der Waals surface area (Å²) in [6.07, 6.45) is 6.34. The molecule has 1 aromatic heterocycles. The molecule has 1 saturated heterocycles. The van der Waals surface area contributed by atoms with Gasteiger partial charge in [0.05, 0.1) is 12.9 Å². The van der Waals surface area contributed by atoms with E-state index < -0.39 is 5.92 Å². The molecule has 1 aromatic carbocycles. The first-order chi connectivity index (χ1) is 11.6. The van der Waals surface area contributed by atoms with Crippen LogP contribution in [0.4, 0.5) is 8.78 Å². The summed E-state index contributed by atoms with van der Waals surface area (Å²) in [5, 5.41) is 0. The van der Waals surface area contributed by atoms with Gasteiger partial charge in [0, 0.05) is 51.4 Å². The number of benzene rings is 1. The minimum absolute atomic E-state index is 0.0366. The maximum atomic E-state index is 13.2. The van der Waals surface area contributed by atoms with E-state index in [-0.39, 0.29) is 12.8 Å². The first kappa shape index (κ1) is 16.9. The van der Waals surface area contributed by atoms with E-state index in [0.29, 0.717) is 19.7 Å². The molecule has 0 aliphatic carbocycles. The van der Waals surface area contributed by atoms with Crippen LogP contribution in [0.3, 0.4) is 0 Å². The maximum absolute atomic E-state index is 13.2. The van der Waals surface area contributed by atoms with Gasteiger partial charge in [-0.3, -0.25) is 4.90 Å². The fraction of sp³-hybridized carbons (Fsp3) is 0.500. The number of nitrogens with zero attached hydrogens (tertiary/aromatic N) is 3. The molecule has 2 heterocycles. The van der Waals surface area contributed by atoms with Crippen LogP contribution in [0, 0.1) is 0 Å². The van der Waals surface area contributed by atoms with Crippen LogP contribution in [0.5, 0.6) is 5.75 Å². The number of aromatic nitrogens is 2. The van der Waals surface area contributed by atoms with Crippen molar-refractivity contribution in [1.29, 1.82) is 0 Å². The second kappa shape index (κ2) is 7.75. The van der Waals surface area contributed by atoms with E-state index in [9.17, 15) is 8.78 Å². The summed E-state index contributed by atoms with van der Waals surface area (Å²) in [6.45, 7) is 3.17. The average molecular weight is 335 g/mol. The number of hydrogen-bond acceptors (Lipinski definition) is 3. The highest BCUT2D eigenvalue weighted by molar-refractivity contribution is 5.27. The Labute approximate surface area is 141 Å². The smallest absolute Gasteiger partial charge is 0.250 e. The van der Waals surface area contributed by atoms with Crippen LogP contribution in [0.2, 0.25) is 0 Å². The van der Waals surface area contributed by atoms with Gasteiger partial charge in [-0.1, -0.05) is 12.1 Å². The lowest BCUT2D eigenvalue weighted by atomic mass is 10.1. The van der Waals surface area contributed by atoms with Gasteiger partial charge < -0.3 is 9.30 Å². The third-order valence-corrected chi connectivity index (χ3v) is 4.31. The quantitative estimate of drug-likeness (QED) is 0.725. The molecule has 0 saturated carbocycles. The van der Waals surface area contributed by atoms with Gasteiger partial charge in [-0.15, -0.1) is 0 Å². The normalized spacial score (nSPS) is 17.8. The third kappa shape index (κ3) is 5.03. The fourth-order valence-electron chi connectivity index (χ4n) is 2.84. The molecule has 24 heavy (non-hydrogen) atoms. The maximum Gasteiger partial charge on any atom is 0.250 e. The van der Waals surface area contributed by atoms with E-state index >= 15 is 0 Å². The monoisotopic (exact) mass is 335 g/mol. The lowest BCUT2D eigenvalue weighted by Gasteiger charge is -2.31. The number of imidazole rings is 1. The van der Waals surface area contributed by atoms with Gasteiger partial charge in [0.2, 0.25) is 0 Å². The van der Waals surface area contributed by atoms with E-state index in [0.717, 1.165) is 30.8 Å². The Kier molecular flexibility index (Phi) is 5.45. The minimum Gasteiger partial charge on any atom is -0.494 e. The van der Waals surface area contributed by atoms with E-state index in [1.165, 1.54) is 0 Å². The molecule has 0 atom stereocenters. The van der Waals surface area contributed by atoms with Crippen molar-refractivity contribution in [3.05, 3.63) is 48.5 Å². The van der Waals surface area contributed by atoms with Gasteiger partial charge in [0.25, 0.3) is 5.92 Å². The molecule has 0 spiro atoms. The zero-order valence-corrected chi connectivity index (χ0v) is 13.7. The minimum atomic E-state index is -2.48. The number of aryl methyl sites for hydroxylation is 1. The molecule has 6 heteroatoms. The molecule has 1 aliphatic heterocycles. The zero-order valence-electron chi connectivity index (χ0n) is 13.7. The van der Waals surface area contributed by atoms with Crippen molar-refractivity contribution in [3.8, 4) is 5.75 Å². The van der Waals surface area contributed by atoms with Crippen LogP contribution < -0.4 is 4.74 Å². The summed E-state index contributed by atoms with van der Waals surface area (Å²) in [7, 11) is 0. The van der Waals surface area contributed by atoms with Crippen LogP contribution in [-0.2, 0) is 13.1 Å². The lowest BCUT2D eigenvalue weighted by Crippen LogP contribution is -2.38. The molecule has 0 N–H and O–H groups in total. The molecule has 3 rings (SSSR count). The Morgan fingerprint density at radius 3 is 2.54 bits per heavy atom. The van der Waals surface area contributed by atoms with Gasteiger partial charge in [0.1, 0.15) is 5.75 Å². The second-order valence-corrected chi connectivity index (χ2v) is 6.28. The SMILES string of the molecule is FC1(F)CCN(Cc2ccc(OCCCn3ccnc3)cc2)CC1. The second-order valence-electron chi connectivity index (χ2n) is 6.28. The van der Waals surface area contributed by atoms with Crippen molar-refractivity contribution in [2.45, 2.75) is 38.3 Å². The van der Waals surface area contributed by atoms with Gasteiger partial charge in [0.15, 0.2) is 0 Å². The van der Waals surface area contributed by atoms with Crippen LogP contribution in [0.25, 0.3) is 0 Å². The van der Waals surface area contributed by atoms with E-state index in [1.807, 2.05) is 35.0 Å². The average Bonchev–Trinajstić information content (AvgIpc) is 3.08. The zero-order chi connectivity index (χ0) is 16.8. The summed E-state index contributed by atoms with van der Waals surface area (Å²) in [4.78, 5) is 6.08.